The van der Waals surface area contributed by atoms with E-state index in [2.05, 4.69) is 37.8 Å². The van der Waals surface area contributed by atoms with Gasteiger partial charge in [0.05, 0.1) is 0 Å². The minimum atomic E-state index is 0.612. The zero-order valence-corrected chi connectivity index (χ0v) is 10.7. The first-order chi connectivity index (χ1) is 7.67. The standard InChI is InChI=1S/C14H24N2/c1-4-16(5-2)11-10-12(3)13-6-8-14(15)9-7-13/h6-9,12H,4-5,10-11,15H2,1-3H3. The molecule has 0 saturated heterocycles. The maximum absolute atomic E-state index is 5.68. The third-order valence-electron chi connectivity index (χ3n) is 3.28. The summed E-state index contributed by atoms with van der Waals surface area (Å²) in [7, 11) is 0. The molecule has 0 spiro atoms. The molecule has 0 aliphatic rings. The Morgan fingerprint density at radius 3 is 2.19 bits per heavy atom. The molecule has 0 aliphatic carbocycles. The van der Waals surface area contributed by atoms with E-state index in [1.54, 1.807) is 0 Å². The van der Waals surface area contributed by atoms with Gasteiger partial charge in [0.1, 0.15) is 0 Å². The molecule has 1 unspecified atom stereocenters. The van der Waals surface area contributed by atoms with Crippen molar-refractivity contribution < 1.29 is 0 Å². The van der Waals surface area contributed by atoms with Gasteiger partial charge in [0.15, 0.2) is 0 Å². The van der Waals surface area contributed by atoms with Crippen molar-refractivity contribution in [2.75, 3.05) is 25.4 Å². The van der Waals surface area contributed by atoms with Gasteiger partial charge in [0.2, 0.25) is 0 Å². The quantitative estimate of drug-likeness (QED) is 0.746. The molecule has 2 heteroatoms. The van der Waals surface area contributed by atoms with Gasteiger partial charge in [0, 0.05) is 5.69 Å². The maximum Gasteiger partial charge on any atom is 0.0314 e. The third kappa shape index (κ3) is 3.86. The average Bonchev–Trinajstić information content (AvgIpc) is 2.31. The molecule has 0 bridgehead atoms. The number of hydrogen-bond donors (Lipinski definition) is 1. The number of nitrogens with zero attached hydrogens (tertiary/aromatic N) is 1. The molecule has 0 saturated carbocycles. The zero-order chi connectivity index (χ0) is 12.0. The number of nitrogen functional groups attached to an aromatic ring is 1. The van der Waals surface area contributed by atoms with Crippen molar-refractivity contribution in [2.24, 2.45) is 0 Å². The van der Waals surface area contributed by atoms with Gasteiger partial charge in [-0.05, 0) is 49.7 Å². The predicted molar refractivity (Wildman–Crippen MR) is 71.7 cm³/mol. The van der Waals surface area contributed by atoms with Crippen molar-refractivity contribution in [1.82, 2.24) is 4.90 Å². The van der Waals surface area contributed by atoms with Crippen molar-refractivity contribution in [3.63, 3.8) is 0 Å². The SMILES string of the molecule is CCN(CC)CCC(C)c1ccc(N)cc1. The molecule has 0 aromatic heterocycles. The summed E-state index contributed by atoms with van der Waals surface area (Å²) in [5, 5.41) is 0. The smallest absolute Gasteiger partial charge is 0.0314 e. The molecule has 2 nitrogen and oxygen atoms in total. The monoisotopic (exact) mass is 220 g/mol. The Labute approximate surface area is 99.5 Å². The highest BCUT2D eigenvalue weighted by atomic mass is 15.1. The predicted octanol–water partition coefficient (Wildman–Crippen LogP) is 3.10. The van der Waals surface area contributed by atoms with Gasteiger partial charge in [-0.25, -0.2) is 0 Å². The highest BCUT2D eigenvalue weighted by Gasteiger charge is 2.07. The molecule has 0 aliphatic heterocycles. The van der Waals surface area contributed by atoms with Crippen LogP contribution in [0, 0.1) is 0 Å². The van der Waals surface area contributed by atoms with Gasteiger partial charge in [-0.3, -0.25) is 0 Å². The summed E-state index contributed by atoms with van der Waals surface area (Å²) in [4.78, 5) is 2.47. The summed E-state index contributed by atoms with van der Waals surface area (Å²) >= 11 is 0. The number of anilines is 1. The van der Waals surface area contributed by atoms with Crippen LogP contribution in [0.1, 0.15) is 38.7 Å². The Bertz CT molecular complexity index is 288. The summed E-state index contributed by atoms with van der Waals surface area (Å²) in [5.74, 6) is 0.612. The minimum absolute atomic E-state index is 0.612. The fourth-order valence-corrected chi connectivity index (χ4v) is 1.91. The number of nitrogens with two attached hydrogens (primary N) is 1. The first-order valence-electron chi connectivity index (χ1n) is 6.25. The van der Waals surface area contributed by atoms with E-state index >= 15 is 0 Å². The summed E-state index contributed by atoms with van der Waals surface area (Å²) in [6, 6.07) is 8.26. The van der Waals surface area contributed by atoms with Crippen LogP contribution in [-0.2, 0) is 0 Å². The number of benzene rings is 1. The second-order valence-corrected chi connectivity index (χ2v) is 4.38. The normalized spacial score (nSPS) is 13.0. The number of rotatable bonds is 6. The molecule has 1 aromatic rings. The largest absolute Gasteiger partial charge is 0.399 e. The van der Waals surface area contributed by atoms with E-state index < -0.39 is 0 Å². The van der Waals surface area contributed by atoms with Gasteiger partial charge in [0.25, 0.3) is 0 Å². The van der Waals surface area contributed by atoms with Crippen LogP contribution in [0.15, 0.2) is 24.3 Å². The molecule has 0 heterocycles. The van der Waals surface area contributed by atoms with E-state index in [9.17, 15) is 0 Å². The average molecular weight is 220 g/mol. The van der Waals surface area contributed by atoms with Crippen LogP contribution >= 0.6 is 0 Å². The van der Waals surface area contributed by atoms with Crippen molar-refractivity contribution in [1.29, 1.82) is 0 Å². The Morgan fingerprint density at radius 1 is 1.12 bits per heavy atom. The molecule has 90 valence electrons. The van der Waals surface area contributed by atoms with Crippen LogP contribution in [0.4, 0.5) is 5.69 Å². The first kappa shape index (κ1) is 13.0. The molecule has 0 radical (unpaired) electrons. The summed E-state index contributed by atoms with van der Waals surface area (Å²) in [6.07, 6.45) is 1.21. The molecule has 1 rings (SSSR count). The van der Waals surface area contributed by atoms with E-state index in [0.29, 0.717) is 5.92 Å². The lowest BCUT2D eigenvalue weighted by atomic mass is 9.97. The molecule has 0 amide bonds. The van der Waals surface area contributed by atoms with E-state index in [-0.39, 0.29) is 0 Å². The van der Waals surface area contributed by atoms with Crippen LogP contribution in [0.5, 0.6) is 0 Å². The van der Waals surface area contributed by atoms with Gasteiger partial charge in [-0.1, -0.05) is 32.9 Å². The highest BCUT2D eigenvalue weighted by molar-refractivity contribution is 5.40. The molecular formula is C14H24N2. The van der Waals surface area contributed by atoms with E-state index in [1.807, 2.05) is 12.1 Å². The van der Waals surface area contributed by atoms with Crippen LogP contribution in [-0.4, -0.2) is 24.5 Å². The van der Waals surface area contributed by atoms with Crippen LogP contribution in [0.3, 0.4) is 0 Å². The fourth-order valence-electron chi connectivity index (χ4n) is 1.91. The van der Waals surface area contributed by atoms with Crippen LogP contribution in [0.25, 0.3) is 0 Å². The lowest BCUT2D eigenvalue weighted by Gasteiger charge is -2.20. The van der Waals surface area contributed by atoms with E-state index in [1.165, 1.54) is 18.5 Å². The minimum Gasteiger partial charge on any atom is -0.399 e. The van der Waals surface area contributed by atoms with Gasteiger partial charge >= 0.3 is 0 Å². The highest BCUT2D eigenvalue weighted by Crippen LogP contribution is 2.20. The molecule has 1 atom stereocenters. The molecule has 16 heavy (non-hydrogen) atoms. The third-order valence-corrected chi connectivity index (χ3v) is 3.28. The molecule has 0 fully saturated rings. The van der Waals surface area contributed by atoms with Crippen molar-refractivity contribution >= 4 is 5.69 Å². The zero-order valence-electron chi connectivity index (χ0n) is 10.7. The molecule has 2 N–H and O–H groups in total. The maximum atomic E-state index is 5.68. The number of hydrogen-bond acceptors (Lipinski definition) is 2. The Kier molecular flexibility index (Phi) is 5.33. The fraction of sp³-hybridized carbons (Fsp3) is 0.571. The Hall–Kier alpha value is -1.02. The topological polar surface area (TPSA) is 29.3 Å². The lowest BCUT2D eigenvalue weighted by Crippen LogP contribution is -2.24. The summed E-state index contributed by atoms with van der Waals surface area (Å²) < 4.78 is 0. The Balaban J connectivity index is 2.46. The summed E-state index contributed by atoms with van der Waals surface area (Å²) in [5.41, 5.74) is 7.92. The summed E-state index contributed by atoms with van der Waals surface area (Å²) in [6.45, 7) is 10.2. The van der Waals surface area contributed by atoms with Crippen molar-refractivity contribution in [2.45, 2.75) is 33.1 Å². The van der Waals surface area contributed by atoms with Crippen LogP contribution < -0.4 is 5.73 Å². The van der Waals surface area contributed by atoms with Crippen LogP contribution in [0.2, 0.25) is 0 Å². The van der Waals surface area contributed by atoms with Gasteiger partial charge in [-0.15, -0.1) is 0 Å². The second kappa shape index (κ2) is 6.54. The lowest BCUT2D eigenvalue weighted by molar-refractivity contribution is 0.292. The van der Waals surface area contributed by atoms with Gasteiger partial charge < -0.3 is 10.6 Å². The molecule has 1 aromatic carbocycles. The van der Waals surface area contributed by atoms with Crippen molar-refractivity contribution in [3.8, 4) is 0 Å². The van der Waals surface area contributed by atoms with E-state index in [0.717, 1.165) is 18.8 Å². The van der Waals surface area contributed by atoms with Crippen molar-refractivity contribution in [3.05, 3.63) is 29.8 Å². The molecular weight excluding hydrogens is 196 g/mol. The first-order valence-corrected chi connectivity index (χ1v) is 6.25. The second-order valence-electron chi connectivity index (χ2n) is 4.38. The van der Waals surface area contributed by atoms with Gasteiger partial charge in [-0.2, -0.15) is 0 Å². The van der Waals surface area contributed by atoms with E-state index in [4.69, 9.17) is 5.73 Å². The Morgan fingerprint density at radius 2 is 1.69 bits per heavy atom.